The topological polar surface area (TPSA) is 156 Å². The molecular formula is C44H48N8O5S2. The van der Waals surface area contributed by atoms with Crippen molar-refractivity contribution in [3.8, 4) is 11.1 Å². The molecule has 7 rings (SSSR count). The summed E-state index contributed by atoms with van der Waals surface area (Å²) in [5.74, 6) is 0.741. The lowest BCUT2D eigenvalue weighted by molar-refractivity contribution is -0.384. The number of ether oxygens (including phenoxy) is 1. The highest BCUT2D eigenvalue weighted by Gasteiger charge is 2.36. The molecule has 15 heteroatoms. The number of nitro groups is 1. The maximum absolute atomic E-state index is 13.8. The van der Waals surface area contributed by atoms with Crippen LogP contribution in [0.2, 0.25) is 0 Å². The fourth-order valence-corrected chi connectivity index (χ4v) is 9.50. The fourth-order valence-electron chi connectivity index (χ4n) is 7.46. The number of fused-ring (bicyclic) bond motifs is 1. The normalized spacial score (nSPS) is 14.6. The molecular weight excluding hydrogens is 785 g/mol. The Hall–Kier alpha value is -5.61. The second-order valence-corrected chi connectivity index (χ2v) is 17.7. The second kappa shape index (κ2) is 18.5. The van der Waals surface area contributed by atoms with E-state index in [1.54, 1.807) is 25.1 Å². The molecule has 1 aliphatic rings. The third kappa shape index (κ3) is 10.2. The smallest absolute Gasteiger partial charge is 0.293 e. The predicted molar refractivity (Wildman–Crippen MR) is 236 cm³/mol. The van der Waals surface area contributed by atoms with Crippen LogP contribution in [0, 0.1) is 10.1 Å². The Balaban J connectivity index is 1.05. The van der Waals surface area contributed by atoms with Crippen molar-refractivity contribution in [2.24, 2.45) is 0 Å². The van der Waals surface area contributed by atoms with Gasteiger partial charge in [0.15, 0.2) is 5.82 Å². The molecule has 0 aliphatic carbocycles. The predicted octanol–water partition coefficient (Wildman–Crippen LogP) is 8.15. The van der Waals surface area contributed by atoms with Gasteiger partial charge in [-0.25, -0.2) is 18.4 Å². The minimum Gasteiger partial charge on any atom is -0.378 e. The van der Waals surface area contributed by atoms with Gasteiger partial charge in [-0.15, -0.1) is 11.8 Å². The summed E-state index contributed by atoms with van der Waals surface area (Å²) in [4.78, 5) is 30.0. The number of nitrogens with zero attached hydrogens (tertiary/aromatic N) is 6. The summed E-state index contributed by atoms with van der Waals surface area (Å²) in [7, 11) is 1.46. The molecule has 0 saturated carbocycles. The molecule has 306 valence electrons. The first kappa shape index (κ1) is 41.5. The van der Waals surface area contributed by atoms with Gasteiger partial charge in [-0.2, -0.15) is 0 Å². The van der Waals surface area contributed by atoms with Crippen LogP contribution in [-0.2, 0) is 21.2 Å². The number of hydrogen-bond acceptors (Lipinski definition) is 12. The van der Waals surface area contributed by atoms with E-state index in [2.05, 4.69) is 59.1 Å². The van der Waals surface area contributed by atoms with Gasteiger partial charge in [0.25, 0.3) is 15.7 Å². The van der Waals surface area contributed by atoms with Gasteiger partial charge in [0.05, 0.1) is 20.9 Å². The molecule has 2 aromatic heterocycles. The molecule has 59 heavy (non-hydrogen) atoms. The first-order chi connectivity index (χ1) is 28.5. The van der Waals surface area contributed by atoms with Gasteiger partial charge in [0.1, 0.15) is 12.0 Å². The lowest BCUT2D eigenvalue weighted by Gasteiger charge is -2.42. The SMILES string of the molecule is COC1(Cc2ccccc2-c2cccnc2)CCN(c2ccc3c(NS(=O)(=O)c4ccc(NC(CCN(C)C)CSc5ccccc5)c([N+](=O)[O-])c4)ncnc3c2)CC1. The van der Waals surface area contributed by atoms with Crippen molar-refractivity contribution in [2.75, 3.05) is 61.5 Å². The van der Waals surface area contributed by atoms with Crippen molar-refractivity contribution in [3.63, 3.8) is 0 Å². The Bertz CT molecular complexity index is 2480. The molecule has 1 unspecified atom stereocenters. The third-order valence-corrected chi connectivity index (χ3v) is 13.3. The summed E-state index contributed by atoms with van der Waals surface area (Å²) in [6, 6.07) is 31.9. The number of hydrogen-bond donors (Lipinski definition) is 2. The minimum atomic E-state index is -4.28. The summed E-state index contributed by atoms with van der Waals surface area (Å²) in [6.45, 7) is 2.28. The Kier molecular flexibility index (Phi) is 13.1. The number of methoxy groups -OCH3 is 1. The molecule has 0 radical (unpaired) electrons. The molecule has 4 aromatic carbocycles. The summed E-state index contributed by atoms with van der Waals surface area (Å²) in [5.41, 5.74) is 4.55. The Morgan fingerprint density at radius 3 is 2.47 bits per heavy atom. The number of pyridine rings is 1. The zero-order valence-electron chi connectivity index (χ0n) is 33.3. The van der Waals surface area contributed by atoms with E-state index in [0.29, 0.717) is 16.7 Å². The highest BCUT2D eigenvalue weighted by molar-refractivity contribution is 7.99. The van der Waals surface area contributed by atoms with Crippen LogP contribution in [0.15, 0.2) is 132 Å². The van der Waals surface area contributed by atoms with Gasteiger partial charge in [0.2, 0.25) is 0 Å². The molecule has 1 atom stereocenters. The van der Waals surface area contributed by atoms with Gasteiger partial charge >= 0.3 is 0 Å². The minimum absolute atomic E-state index is 0.0809. The fraction of sp³-hybridized carbons (Fsp3) is 0.295. The Morgan fingerprint density at radius 1 is 0.966 bits per heavy atom. The average Bonchev–Trinajstić information content (AvgIpc) is 3.25. The van der Waals surface area contributed by atoms with Crippen molar-refractivity contribution in [2.45, 2.75) is 47.1 Å². The molecule has 6 aromatic rings. The van der Waals surface area contributed by atoms with E-state index in [-0.39, 0.29) is 33.7 Å². The molecule has 0 bridgehead atoms. The lowest BCUT2D eigenvalue weighted by Crippen LogP contribution is -2.47. The lowest BCUT2D eigenvalue weighted by atomic mass is 9.82. The Labute approximate surface area is 349 Å². The van der Waals surface area contributed by atoms with Gasteiger partial charge in [0, 0.05) is 78.4 Å². The van der Waals surface area contributed by atoms with Crippen LogP contribution in [0.25, 0.3) is 22.0 Å². The number of piperidine rings is 1. The van der Waals surface area contributed by atoms with E-state index in [0.717, 1.165) is 73.1 Å². The van der Waals surface area contributed by atoms with E-state index < -0.39 is 14.9 Å². The molecule has 3 heterocycles. The van der Waals surface area contributed by atoms with Gasteiger partial charge in [-0.1, -0.05) is 48.5 Å². The number of nitrogens with one attached hydrogen (secondary N) is 2. The highest BCUT2D eigenvalue weighted by atomic mass is 32.2. The largest absolute Gasteiger partial charge is 0.378 e. The number of aromatic nitrogens is 3. The highest BCUT2D eigenvalue weighted by Crippen LogP contribution is 2.37. The van der Waals surface area contributed by atoms with Crippen molar-refractivity contribution in [3.05, 3.63) is 138 Å². The monoisotopic (exact) mass is 832 g/mol. The van der Waals surface area contributed by atoms with E-state index in [4.69, 9.17) is 4.74 Å². The van der Waals surface area contributed by atoms with Crippen LogP contribution >= 0.6 is 11.8 Å². The number of sulfonamides is 1. The first-order valence-corrected chi connectivity index (χ1v) is 21.9. The third-order valence-electron chi connectivity index (χ3n) is 10.8. The summed E-state index contributed by atoms with van der Waals surface area (Å²) in [6.07, 6.45) is 8.09. The van der Waals surface area contributed by atoms with Gasteiger partial charge in [-0.3, -0.25) is 19.8 Å². The van der Waals surface area contributed by atoms with Crippen LogP contribution < -0.4 is 14.9 Å². The van der Waals surface area contributed by atoms with Crippen molar-refractivity contribution >= 4 is 55.6 Å². The first-order valence-electron chi connectivity index (χ1n) is 19.5. The maximum atomic E-state index is 13.8. The zero-order valence-corrected chi connectivity index (χ0v) is 35.0. The molecule has 13 nitrogen and oxygen atoms in total. The summed E-state index contributed by atoms with van der Waals surface area (Å²) < 4.78 is 36.4. The number of benzene rings is 4. The van der Waals surface area contributed by atoms with E-state index >= 15 is 0 Å². The summed E-state index contributed by atoms with van der Waals surface area (Å²) in [5, 5.41) is 16.2. The Morgan fingerprint density at radius 2 is 1.75 bits per heavy atom. The quantitative estimate of drug-likeness (QED) is 0.0518. The molecule has 1 saturated heterocycles. The van der Waals surface area contributed by atoms with Crippen molar-refractivity contribution in [1.82, 2.24) is 19.9 Å². The van der Waals surface area contributed by atoms with Crippen LogP contribution in [-0.4, -0.2) is 91.4 Å². The van der Waals surface area contributed by atoms with Crippen LogP contribution in [0.1, 0.15) is 24.8 Å². The number of anilines is 3. The molecule has 0 amide bonds. The second-order valence-electron chi connectivity index (χ2n) is 15.0. The van der Waals surface area contributed by atoms with Crippen molar-refractivity contribution in [1.29, 1.82) is 0 Å². The standard InChI is InChI=1S/C44H48N8O5S2/c1-50(2)23-19-34(30-58-36-12-5-4-6-13-36)48-40-18-16-37(27-42(40)52(53)54)59(55,56)49-43-39-17-15-35(26-41(39)46-31-47-43)51-24-20-44(57-3,21-25-51)28-32-10-7-8-14-38(32)33-11-9-22-45-29-33/h4-18,22,26-27,29,31,34,48H,19-21,23-25,28,30H2,1-3H3,(H,46,47,49). The number of nitro benzene ring substituents is 1. The molecule has 1 aliphatic heterocycles. The van der Waals surface area contributed by atoms with Crippen molar-refractivity contribution < 1.29 is 18.1 Å². The van der Waals surface area contributed by atoms with Gasteiger partial charge < -0.3 is 19.9 Å². The molecule has 0 spiro atoms. The summed E-state index contributed by atoms with van der Waals surface area (Å²) >= 11 is 1.65. The van der Waals surface area contributed by atoms with E-state index in [1.807, 2.05) is 81.0 Å². The average molecular weight is 833 g/mol. The number of rotatable bonds is 17. The van der Waals surface area contributed by atoms with E-state index in [9.17, 15) is 18.5 Å². The zero-order chi connectivity index (χ0) is 41.4. The molecule has 1 fully saturated rings. The van der Waals surface area contributed by atoms with Crippen LogP contribution in [0.3, 0.4) is 0 Å². The van der Waals surface area contributed by atoms with Crippen LogP contribution in [0.5, 0.6) is 0 Å². The van der Waals surface area contributed by atoms with Gasteiger partial charge in [-0.05, 0) is 99.6 Å². The van der Waals surface area contributed by atoms with Crippen LogP contribution in [0.4, 0.5) is 22.9 Å². The number of thioether (sulfide) groups is 1. The molecule has 2 N–H and O–H groups in total. The van der Waals surface area contributed by atoms with E-state index in [1.165, 1.54) is 24.0 Å². The maximum Gasteiger partial charge on any atom is 0.293 e.